The van der Waals surface area contributed by atoms with E-state index < -0.39 is 11.5 Å². The summed E-state index contributed by atoms with van der Waals surface area (Å²) in [6, 6.07) is 14.0. The van der Waals surface area contributed by atoms with Crippen LogP contribution in [0.3, 0.4) is 0 Å². The summed E-state index contributed by atoms with van der Waals surface area (Å²) in [7, 11) is 0. The number of H-pyrrole nitrogens is 1. The van der Waals surface area contributed by atoms with E-state index in [-0.39, 0.29) is 12.1 Å². The molecule has 0 fully saturated rings. The Hall–Kier alpha value is -3.16. The first kappa shape index (κ1) is 19.2. The number of rotatable bonds is 5. The molecule has 8 heteroatoms. The minimum Gasteiger partial charge on any atom is -0.463 e. The predicted molar refractivity (Wildman–Crippen MR) is 113 cm³/mol. The Kier molecular flexibility index (Phi) is 5.33. The van der Waals surface area contributed by atoms with E-state index in [4.69, 9.17) is 16.0 Å². The van der Waals surface area contributed by atoms with Gasteiger partial charge < -0.3 is 14.7 Å². The maximum absolute atomic E-state index is 12.4. The predicted octanol–water partition coefficient (Wildman–Crippen LogP) is 4.65. The third-order valence-electron chi connectivity index (χ3n) is 4.30. The van der Waals surface area contributed by atoms with Gasteiger partial charge in [-0.05, 0) is 43.3 Å². The van der Waals surface area contributed by atoms with Crippen LogP contribution >= 0.6 is 22.9 Å². The van der Waals surface area contributed by atoms with Gasteiger partial charge in [0.2, 0.25) is 0 Å². The number of carbonyl (C=O) groups excluding carboxylic acids is 1. The largest absolute Gasteiger partial charge is 0.463 e. The van der Waals surface area contributed by atoms with Gasteiger partial charge in [-0.25, -0.2) is 4.98 Å². The highest BCUT2D eigenvalue weighted by atomic mass is 35.5. The maximum atomic E-state index is 12.4. The van der Waals surface area contributed by atoms with Crippen molar-refractivity contribution < 1.29 is 9.21 Å². The quantitative estimate of drug-likeness (QED) is 0.487. The highest BCUT2D eigenvalue weighted by Gasteiger charge is 2.14. The number of aromatic amines is 1. The van der Waals surface area contributed by atoms with Gasteiger partial charge in [0.05, 0.1) is 24.2 Å². The number of carbonyl (C=O) groups is 1. The van der Waals surface area contributed by atoms with Gasteiger partial charge in [-0.15, -0.1) is 11.3 Å². The molecule has 4 aromatic rings. The zero-order chi connectivity index (χ0) is 20.4. The molecule has 0 aliphatic rings. The molecular weight excluding hydrogens is 410 g/mol. The smallest absolute Gasteiger partial charge is 0.261 e. The Morgan fingerprint density at radius 2 is 2.00 bits per heavy atom. The molecule has 0 aliphatic heterocycles. The number of thiazole rings is 1. The summed E-state index contributed by atoms with van der Waals surface area (Å²) < 4.78 is 5.25. The molecule has 0 unspecified atom stereocenters. The summed E-state index contributed by atoms with van der Waals surface area (Å²) in [5, 5.41) is 4.17. The minimum atomic E-state index is -0.478. The Morgan fingerprint density at radius 3 is 2.69 bits per heavy atom. The summed E-state index contributed by atoms with van der Waals surface area (Å²) in [5.74, 6) is 0.0696. The molecule has 0 aliphatic carbocycles. The Morgan fingerprint density at radius 1 is 1.21 bits per heavy atom. The molecule has 29 heavy (non-hydrogen) atoms. The number of nitrogens with zero attached hydrogens (tertiary/aromatic N) is 1. The normalized spacial score (nSPS) is 10.8. The first-order chi connectivity index (χ1) is 14.0. The van der Waals surface area contributed by atoms with Crippen molar-refractivity contribution in [2.24, 2.45) is 0 Å². The van der Waals surface area contributed by atoms with Crippen molar-refractivity contribution >= 4 is 28.8 Å². The van der Waals surface area contributed by atoms with E-state index in [0.29, 0.717) is 16.5 Å². The van der Waals surface area contributed by atoms with Gasteiger partial charge in [-0.3, -0.25) is 9.59 Å². The SMILES string of the molecule is Cc1sc(CNC(=O)c2ccc(-c3ccco3)[nH]c2=O)nc1-c1ccc(Cl)cc1. The third-order valence-corrected chi connectivity index (χ3v) is 5.52. The summed E-state index contributed by atoms with van der Waals surface area (Å²) in [6.07, 6.45) is 1.52. The Balaban J connectivity index is 1.47. The highest BCUT2D eigenvalue weighted by molar-refractivity contribution is 7.12. The van der Waals surface area contributed by atoms with Crippen molar-refractivity contribution in [1.29, 1.82) is 0 Å². The van der Waals surface area contributed by atoms with Gasteiger partial charge in [0.25, 0.3) is 11.5 Å². The molecule has 3 heterocycles. The van der Waals surface area contributed by atoms with Crippen molar-refractivity contribution in [1.82, 2.24) is 15.3 Å². The second-order valence-corrected chi connectivity index (χ2v) is 8.02. The van der Waals surface area contributed by atoms with E-state index in [2.05, 4.69) is 15.3 Å². The number of hydrogen-bond acceptors (Lipinski definition) is 5. The number of amides is 1. The molecule has 146 valence electrons. The fourth-order valence-electron chi connectivity index (χ4n) is 2.88. The van der Waals surface area contributed by atoms with Crippen molar-refractivity contribution in [2.75, 3.05) is 0 Å². The molecule has 1 aromatic carbocycles. The van der Waals surface area contributed by atoms with E-state index in [0.717, 1.165) is 21.1 Å². The van der Waals surface area contributed by atoms with Crippen molar-refractivity contribution in [3.8, 4) is 22.7 Å². The zero-order valence-electron chi connectivity index (χ0n) is 15.4. The van der Waals surface area contributed by atoms with E-state index >= 15 is 0 Å². The molecule has 0 bridgehead atoms. The first-order valence-electron chi connectivity index (χ1n) is 8.79. The Labute approximate surface area is 175 Å². The van der Waals surface area contributed by atoms with Gasteiger partial charge in [0, 0.05) is 15.5 Å². The van der Waals surface area contributed by atoms with Crippen LogP contribution in [0, 0.1) is 6.92 Å². The van der Waals surface area contributed by atoms with Crippen molar-refractivity contribution in [3.05, 3.63) is 85.6 Å². The molecule has 3 aromatic heterocycles. The number of nitrogens with one attached hydrogen (secondary N) is 2. The second kappa shape index (κ2) is 8.06. The van der Waals surface area contributed by atoms with E-state index in [9.17, 15) is 9.59 Å². The van der Waals surface area contributed by atoms with Crippen LogP contribution in [0.5, 0.6) is 0 Å². The van der Waals surface area contributed by atoms with Gasteiger partial charge in [0.15, 0.2) is 0 Å². The lowest BCUT2D eigenvalue weighted by atomic mass is 10.1. The molecule has 0 spiro atoms. The molecule has 6 nitrogen and oxygen atoms in total. The second-order valence-electron chi connectivity index (χ2n) is 6.29. The molecule has 1 amide bonds. The topological polar surface area (TPSA) is 88.0 Å². The summed E-state index contributed by atoms with van der Waals surface area (Å²) in [5.41, 5.74) is 1.89. The minimum absolute atomic E-state index is 0.0338. The molecule has 0 radical (unpaired) electrons. The molecule has 0 atom stereocenters. The Bertz CT molecular complexity index is 1210. The van der Waals surface area contributed by atoms with E-state index in [1.165, 1.54) is 23.7 Å². The van der Waals surface area contributed by atoms with Gasteiger partial charge >= 0.3 is 0 Å². The van der Waals surface area contributed by atoms with Crippen LogP contribution in [0.25, 0.3) is 22.7 Å². The lowest BCUT2D eigenvalue weighted by Gasteiger charge is -2.04. The van der Waals surface area contributed by atoms with Crippen LogP contribution in [0.4, 0.5) is 0 Å². The molecule has 0 saturated carbocycles. The first-order valence-corrected chi connectivity index (χ1v) is 9.98. The number of pyridine rings is 1. The molecular formula is C21H16ClN3O3S. The van der Waals surface area contributed by atoms with Crippen LogP contribution in [0.15, 0.2) is 64.0 Å². The maximum Gasteiger partial charge on any atom is 0.261 e. The number of furan rings is 1. The van der Waals surface area contributed by atoms with Crippen molar-refractivity contribution in [3.63, 3.8) is 0 Å². The van der Waals surface area contributed by atoms with Crippen LogP contribution < -0.4 is 10.9 Å². The summed E-state index contributed by atoms with van der Waals surface area (Å²) >= 11 is 7.44. The number of aryl methyl sites for hydroxylation is 1. The van der Waals surface area contributed by atoms with Crippen LogP contribution in [0.1, 0.15) is 20.2 Å². The van der Waals surface area contributed by atoms with Gasteiger partial charge in [-0.1, -0.05) is 23.7 Å². The van der Waals surface area contributed by atoms with Crippen LogP contribution in [-0.4, -0.2) is 15.9 Å². The molecule has 0 saturated heterocycles. The monoisotopic (exact) mass is 425 g/mol. The van der Waals surface area contributed by atoms with Crippen LogP contribution in [-0.2, 0) is 6.54 Å². The lowest BCUT2D eigenvalue weighted by molar-refractivity contribution is 0.0949. The number of hydrogen-bond donors (Lipinski definition) is 2. The van der Waals surface area contributed by atoms with Crippen LogP contribution in [0.2, 0.25) is 5.02 Å². The fourth-order valence-corrected chi connectivity index (χ4v) is 3.90. The van der Waals surface area contributed by atoms with E-state index in [1.54, 1.807) is 18.2 Å². The standard InChI is InChI=1S/C21H16ClN3O3S/c1-12-19(13-4-6-14(22)7-5-13)25-18(29-12)11-23-20(26)15-8-9-16(24-21(15)27)17-3-2-10-28-17/h2-10H,11H2,1H3,(H,23,26)(H,24,27). The average Bonchev–Trinajstić information content (AvgIpc) is 3.37. The van der Waals surface area contributed by atoms with E-state index in [1.807, 2.05) is 31.2 Å². The molecule has 4 rings (SSSR count). The number of aromatic nitrogens is 2. The third kappa shape index (κ3) is 4.16. The summed E-state index contributed by atoms with van der Waals surface area (Å²) in [4.78, 5) is 33.0. The highest BCUT2D eigenvalue weighted by Crippen LogP contribution is 2.28. The lowest BCUT2D eigenvalue weighted by Crippen LogP contribution is -2.29. The molecule has 2 N–H and O–H groups in total. The fraction of sp³-hybridized carbons (Fsp3) is 0.0952. The average molecular weight is 426 g/mol. The zero-order valence-corrected chi connectivity index (χ0v) is 16.9. The summed E-state index contributed by atoms with van der Waals surface area (Å²) in [6.45, 7) is 2.21. The number of benzene rings is 1. The van der Waals surface area contributed by atoms with Gasteiger partial charge in [-0.2, -0.15) is 0 Å². The number of halogens is 1. The van der Waals surface area contributed by atoms with Gasteiger partial charge in [0.1, 0.15) is 16.3 Å². The van der Waals surface area contributed by atoms with Crippen molar-refractivity contribution in [2.45, 2.75) is 13.5 Å².